The number of rotatable bonds is 4. The zero-order chi connectivity index (χ0) is 18.0. The fourth-order valence-corrected chi connectivity index (χ4v) is 3.11. The van der Waals surface area contributed by atoms with Crippen LogP contribution in [0.4, 0.5) is 0 Å². The maximum Gasteiger partial charge on any atom is 0.259 e. The first kappa shape index (κ1) is 17.5. The third-order valence-corrected chi connectivity index (χ3v) is 4.75. The number of hydrogen-bond acceptors (Lipinski definition) is 5. The van der Waals surface area contributed by atoms with E-state index in [0.717, 1.165) is 24.2 Å². The Hall–Kier alpha value is -2.34. The van der Waals surface area contributed by atoms with Gasteiger partial charge in [0.05, 0.1) is 7.11 Å². The van der Waals surface area contributed by atoms with E-state index in [1.54, 1.807) is 14.0 Å². The van der Waals surface area contributed by atoms with Crippen molar-refractivity contribution in [2.75, 3.05) is 20.2 Å². The number of aromatic nitrogens is 1. The number of carbonyl (C=O) groups excluding carboxylic acids is 1. The van der Waals surface area contributed by atoms with E-state index in [1.165, 1.54) is 0 Å². The summed E-state index contributed by atoms with van der Waals surface area (Å²) in [6, 6.07) is 7.28. The molecule has 0 unspecified atom stereocenters. The van der Waals surface area contributed by atoms with Crippen molar-refractivity contribution >= 4 is 5.91 Å². The van der Waals surface area contributed by atoms with Crippen LogP contribution in [0.5, 0.6) is 5.75 Å². The number of hydrogen-bond donors (Lipinski definition) is 1. The van der Waals surface area contributed by atoms with Crippen LogP contribution in [0, 0.1) is 5.92 Å². The first-order valence-electron chi connectivity index (χ1n) is 8.62. The minimum Gasteiger partial charge on any atom is -0.497 e. The summed E-state index contributed by atoms with van der Waals surface area (Å²) in [6.07, 6.45) is 1.07. The van der Waals surface area contributed by atoms with E-state index in [-0.39, 0.29) is 11.7 Å². The normalized spacial score (nSPS) is 16.7. The molecular formula is C19H24N2O4. The predicted octanol–water partition coefficient (Wildman–Crippen LogP) is 3.28. The van der Waals surface area contributed by atoms with E-state index in [0.29, 0.717) is 30.3 Å². The van der Waals surface area contributed by atoms with E-state index < -0.39 is 6.10 Å². The molecule has 6 heteroatoms. The largest absolute Gasteiger partial charge is 0.497 e. The molecule has 1 amide bonds. The average Bonchev–Trinajstić information content (AvgIpc) is 3.07. The van der Waals surface area contributed by atoms with Gasteiger partial charge in [-0.25, -0.2) is 0 Å². The lowest BCUT2D eigenvalue weighted by atomic mass is 9.97. The highest BCUT2D eigenvalue weighted by Crippen LogP contribution is 2.32. The Bertz CT molecular complexity index is 728. The molecule has 0 bridgehead atoms. The van der Waals surface area contributed by atoms with Gasteiger partial charge in [-0.05, 0) is 49.9 Å². The summed E-state index contributed by atoms with van der Waals surface area (Å²) in [7, 11) is 1.60. The molecule has 1 saturated heterocycles. The third-order valence-electron chi connectivity index (χ3n) is 4.75. The molecule has 6 nitrogen and oxygen atoms in total. The van der Waals surface area contributed by atoms with E-state index >= 15 is 0 Å². The Morgan fingerprint density at radius 3 is 2.52 bits per heavy atom. The van der Waals surface area contributed by atoms with Crippen LogP contribution in [0.3, 0.4) is 0 Å². The molecule has 2 heterocycles. The summed E-state index contributed by atoms with van der Waals surface area (Å²) in [4.78, 5) is 14.9. The van der Waals surface area contributed by atoms with Gasteiger partial charge in [0.25, 0.3) is 5.91 Å². The standard InChI is InChI=1S/C19H24N2O4/c1-12-8-10-21(11-9-12)19(23)16-17(20-25-18(16)13(2)22)14-4-6-15(24-3)7-5-14/h4-7,12-13,22H,8-11H2,1-3H3/t13-/m0/s1. The predicted molar refractivity (Wildman–Crippen MR) is 93.4 cm³/mol. The van der Waals surface area contributed by atoms with Crippen LogP contribution in [0.2, 0.25) is 0 Å². The highest BCUT2D eigenvalue weighted by molar-refractivity contribution is 6.01. The van der Waals surface area contributed by atoms with Crippen LogP contribution in [-0.2, 0) is 0 Å². The van der Waals surface area contributed by atoms with Crippen LogP contribution in [0.25, 0.3) is 11.3 Å². The third kappa shape index (κ3) is 3.54. The molecular weight excluding hydrogens is 320 g/mol. The van der Waals surface area contributed by atoms with Crippen molar-refractivity contribution < 1.29 is 19.2 Å². The van der Waals surface area contributed by atoms with Gasteiger partial charge in [0, 0.05) is 18.7 Å². The molecule has 1 atom stereocenters. The molecule has 134 valence electrons. The topological polar surface area (TPSA) is 75.8 Å². The minimum absolute atomic E-state index is 0.130. The zero-order valence-corrected chi connectivity index (χ0v) is 14.9. The van der Waals surface area contributed by atoms with E-state index in [2.05, 4.69) is 12.1 Å². The quantitative estimate of drug-likeness (QED) is 0.921. The Morgan fingerprint density at radius 1 is 1.32 bits per heavy atom. The van der Waals surface area contributed by atoms with Gasteiger partial charge in [-0.15, -0.1) is 0 Å². The SMILES string of the molecule is COc1ccc(-c2noc([C@H](C)O)c2C(=O)N2CCC(C)CC2)cc1. The molecule has 1 fully saturated rings. The molecule has 25 heavy (non-hydrogen) atoms. The smallest absolute Gasteiger partial charge is 0.259 e. The number of aliphatic hydroxyl groups is 1. The number of amides is 1. The van der Waals surface area contributed by atoms with Gasteiger partial charge < -0.3 is 19.3 Å². The second-order valence-corrected chi connectivity index (χ2v) is 6.65. The molecule has 1 aliphatic rings. The molecule has 0 aliphatic carbocycles. The number of benzene rings is 1. The number of carbonyl (C=O) groups is 1. The molecule has 1 aliphatic heterocycles. The summed E-state index contributed by atoms with van der Waals surface area (Å²) in [6.45, 7) is 5.21. The summed E-state index contributed by atoms with van der Waals surface area (Å²) in [5.41, 5.74) is 1.57. The van der Waals surface area contributed by atoms with Crippen LogP contribution in [-0.4, -0.2) is 41.3 Å². The number of methoxy groups -OCH3 is 1. The molecule has 0 saturated carbocycles. The van der Waals surface area contributed by atoms with Crippen molar-refractivity contribution in [2.45, 2.75) is 32.8 Å². The molecule has 0 radical (unpaired) electrons. The van der Waals surface area contributed by atoms with Gasteiger partial charge in [0.2, 0.25) is 0 Å². The van der Waals surface area contributed by atoms with Crippen molar-refractivity contribution in [3.05, 3.63) is 35.6 Å². The molecule has 1 N–H and O–H groups in total. The molecule has 2 aromatic rings. The van der Waals surface area contributed by atoms with Gasteiger partial charge in [0.1, 0.15) is 23.1 Å². The van der Waals surface area contributed by atoms with Gasteiger partial charge in [-0.2, -0.15) is 0 Å². The fourth-order valence-electron chi connectivity index (χ4n) is 3.11. The van der Waals surface area contributed by atoms with Crippen molar-refractivity contribution in [1.82, 2.24) is 10.1 Å². The lowest BCUT2D eigenvalue weighted by Gasteiger charge is -2.30. The molecule has 1 aromatic carbocycles. The average molecular weight is 344 g/mol. The van der Waals surface area contributed by atoms with Gasteiger partial charge in [-0.3, -0.25) is 4.79 Å². The Labute approximate surface area is 147 Å². The van der Waals surface area contributed by atoms with E-state index in [1.807, 2.05) is 29.2 Å². The van der Waals surface area contributed by atoms with Crippen LogP contribution < -0.4 is 4.74 Å². The summed E-state index contributed by atoms with van der Waals surface area (Å²) >= 11 is 0. The Kier molecular flexibility index (Phi) is 5.08. The second-order valence-electron chi connectivity index (χ2n) is 6.65. The first-order chi connectivity index (χ1) is 12.0. The lowest BCUT2D eigenvalue weighted by molar-refractivity contribution is 0.0686. The van der Waals surface area contributed by atoms with Crippen LogP contribution in [0.1, 0.15) is 48.9 Å². The summed E-state index contributed by atoms with van der Waals surface area (Å²) in [5.74, 6) is 1.44. The fraction of sp³-hybridized carbons (Fsp3) is 0.474. The van der Waals surface area contributed by atoms with Crippen molar-refractivity contribution in [2.24, 2.45) is 5.92 Å². The molecule has 3 rings (SSSR count). The summed E-state index contributed by atoms with van der Waals surface area (Å²) < 4.78 is 10.5. The first-order valence-corrected chi connectivity index (χ1v) is 8.62. The monoisotopic (exact) mass is 344 g/mol. The van der Waals surface area contributed by atoms with Crippen molar-refractivity contribution in [3.63, 3.8) is 0 Å². The van der Waals surface area contributed by atoms with Crippen LogP contribution >= 0.6 is 0 Å². The van der Waals surface area contributed by atoms with E-state index in [9.17, 15) is 9.90 Å². The second kappa shape index (κ2) is 7.27. The highest BCUT2D eigenvalue weighted by atomic mass is 16.5. The zero-order valence-electron chi connectivity index (χ0n) is 14.9. The summed E-state index contributed by atoms with van der Waals surface area (Å²) in [5, 5.41) is 14.1. The van der Waals surface area contributed by atoms with Crippen molar-refractivity contribution in [1.29, 1.82) is 0 Å². The molecule has 0 spiro atoms. The Morgan fingerprint density at radius 2 is 1.96 bits per heavy atom. The van der Waals surface area contributed by atoms with Gasteiger partial charge in [-0.1, -0.05) is 12.1 Å². The maximum absolute atomic E-state index is 13.1. The van der Waals surface area contributed by atoms with E-state index in [4.69, 9.17) is 9.26 Å². The number of piperidine rings is 1. The number of nitrogens with zero attached hydrogens (tertiary/aromatic N) is 2. The molecule has 1 aromatic heterocycles. The Balaban J connectivity index is 1.98. The lowest BCUT2D eigenvalue weighted by Crippen LogP contribution is -2.38. The number of aliphatic hydroxyl groups excluding tert-OH is 1. The van der Waals surface area contributed by atoms with Crippen molar-refractivity contribution in [3.8, 4) is 17.0 Å². The number of likely N-dealkylation sites (tertiary alicyclic amines) is 1. The van der Waals surface area contributed by atoms with Gasteiger partial charge in [0.15, 0.2) is 5.76 Å². The van der Waals surface area contributed by atoms with Gasteiger partial charge >= 0.3 is 0 Å². The maximum atomic E-state index is 13.1. The number of ether oxygens (including phenoxy) is 1. The van der Waals surface area contributed by atoms with Crippen LogP contribution in [0.15, 0.2) is 28.8 Å². The highest BCUT2D eigenvalue weighted by Gasteiger charge is 2.31. The minimum atomic E-state index is -0.901.